The average Bonchev–Trinajstić information content (AvgIpc) is 3.42. The second kappa shape index (κ2) is 10.4. The monoisotopic (exact) mass is 490 g/mol. The third-order valence-electron chi connectivity index (χ3n) is 6.22. The highest BCUT2D eigenvalue weighted by Gasteiger charge is 2.26. The highest BCUT2D eigenvalue weighted by Crippen LogP contribution is 2.37. The predicted molar refractivity (Wildman–Crippen MR) is 142 cm³/mol. The molecule has 0 saturated carbocycles. The molecule has 2 aromatic heterocycles. The molecule has 0 bridgehead atoms. The van der Waals surface area contributed by atoms with Gasteiger partial charge >= 0.3 is 5.97 Å². The van der Waals surface area contributed by atoms with Gasteiger partial charge in [0.15, 0.2) is 0 Å². The molecule has 2 heterocycles. The first kappa shape index (κ1) is 24.5. The molecule has 0 radical (unpaired) electrons. The van der Waals surface area contributed by atoms with E-state index < -0.39 is 5.97 Å². The Labute approximate surface area is 209 Å². The van der Waals surface area contributed by atoms with Crippen molar-refractivity contribution in [3.8, 4) is 16.9 Å². The lowest BCUT2D eigenvalue weighted by atomic mass is 10.0. The second-order valence-electron chi connectivity index (χ2n) is 8.18. The van der Waals surface area contributed by atoms with E-state index in [1.165, 1.54) is 16.9 Å². The van der Waals surface area contributed by atoms with E-state index in [4.69, 9.17) is 9.47 Å². The van der Waals surface area contributed by atoms with Crippen LogP contribution in [0.2, 0.25) is 0 Å². The van der Waals surface area contributed by atoms with Crippen LogP contribution < -0.4 is 10.1 Å². The number of ether oxygens (including phenoxy) is 2. The van der Waals surface area contributed by atoms with Gasteiger partial charge in [-0.1, -0.05) is 25.1 Å². The van der Waals surface area contributed by atoms with E-state index in [2.05, 4.69) is 30.4 Å². The van der Waals surface area contributed by atoms with Crippen molar-refractivity contribution in [2.45, 2.75) is 40.7 Å². The van der Waals surface area contributed by atoms with Crippen molar-refractivity contribution in [2.75, 3.05) is 19.0 Å². The van der Waals surface area contributed by atoms with Crippen molar-refractivity contribution < 1.29 is 19.1 Å². The number of anilines is 1. The zero-order chi connectivity index (χ0) is 25.1. The summed E-state index contributed by atoms with van der Waals surface area (Å²) in [6, 6.07) is 13.8. The van der Waals surface area contributed by atoms with Crippen molar-refractivity contribution in [2.24, 2.45) is 0 Å². The molecule has 0 spiro atoms. The van der Waals surface area contributed by atoms with Gasteiger partial charge in [0.05, 0.1) is 13.7 Å². The van der Waals surface area contributed by atoms with Crippen LogP contribution in [-0.2, 0) is 17.7 Å². The Morgan fingerprint density at radius 2 is 1.80 bits per heavy atom. The van der Waals surface area contributed by atoms with Crippen LogP contribution in [0.15, 0.2) is 47.8 Å². The van der Waals surface area contributed by atoms with Crippen molar-refractivity contribution in [1.82, 2.24) is 4.57 Å². The van der Waals surface area contributed by atoms with E-state index in [0.717, 1.165) is 34.2 Å². The summed E-state index contributed by atoms with van der Waals surface area (Å²) >= 11 is 1.32. The lowest BCUT2D eigenvalue weighted by Crippen LogP contribution is -2.19. The van der Waals surface area contributed by atoms with E-state index >= 15 is 0 Å². The van der Waals surface area contributed by atoms with Crippen LogP contribution in [0.25, 0.3) is 22.0 Å². The molecule has 4 aromatic rings. The van der Waals surface area contributed by atoms with Gasteiger partial charge in [-0.05, 0) is 68.1 Å². The number of fused-ring (bicyclic) bond motifs is 1. The van der Waals surface area contributed by atoms with Crippen LogP contribution in [0.5, 0.6) is 5.75 Å². The summed E-state index contributed by atoms with van der Waals surface area (Å²) in [6.45, 7) is 8.79. The summed E-state index contributed by atoms with van der Waals surface area (Å²) in [5.74, 6) is 0.0202. The van der Waals surface area contributed by atoms with Crippen LogP contribution in [0.4, 0.5) is 5.00 Å². The van der Waals surface area contributed by atoms with Crippen molar-refractivity contribution in [3.05, 3.63) is 70.2 Å². The molecule has 0 fully saturated rings. The number of nitrogens with one attached hydrogen (secondary N) is 1. The number of aryl methyl sites for hydroxylation is 3. The molecule has 0 unspecified atom stereocenters. The maximum absolute atomic E-state index is 13.6. The van der Waals surface area contributed by atoms with E-state index in [-0.39, 0.29) is 12.5 Å². The Balaban J connectivity index is 1.77. The first-order valence-corrected chi connectivity index (χ1v) is 12.7. The van der Waals surface area contributed by atoms with Crippen molar-refractivity contribution in [1.29, 1.82) is 0 Å². The SMILES string of the molecule is CCOC(=O)c1c(-c2ccc(OC)cc2)csc1NC(=O)c1c(C)c2cc(CC)ccc2n1CC. The summed E-state index contributed by atoms with van der Waals surface area (Å²) in [6.07, 6.45) is 0.931. The fraction of sp³-hybridized carbons (Fsp3) is 0.286. The minimum atomic E-state index is -0.463. The number of rotatable bonds is 8. The number of hydrogen-bond acceptors (Lipinski definition) is 5. The quantitative estimate of drug-likeness (QED) is 0.279. The number of hydrogen-bond donors (Lipinski definition) is 1. The summed E-state index contributed by atoms with van der Waals surface area (Å²) in [4.78, 5) is 26.6. The van der Waals surface area contributed by atoms with Gasteiger partial charge in [0.25, 0.3) is 5.91 Å². The van der Waals surface area contributed by atoms with E-state index in [1.54, 1.807) is 14.0 Å². The molecule has 1 amide bonds. The van der Waals surface area contributed by atoms with E-state index in [0.29, 0.717) is 28.4 Å². The molecule has 0 aliphatic rings. The topological polar surface area (TPSA) is 69.6 Å². The average molecular weight is 491 g/mol. The number of carbonyl (C=O) groups excluding carboxylic acids is 2. The molecule has 7 heteroatoms. The fourth-order valence-electron chi connectivity index (χ4n) is 4.41. The molecule has 0 aliphatic carbocycles. The van der Waals surface area contributed by atoms with Crippen LogP contribution >= 0.6 is 11.3 Å². The van der Waals surface area contributed by atoms with Gasteiger partial charge in [-0.15, -0.1) is 11.3 Å². The largest absolute Gasteiger partial charge is 0.497 e. The summed E-state index contributed by atoms with van der Waals surface area (Å²) in [5, 5.41) is 6.44. The lowest BCUT2D eigenvalue weighted by molar-refractivity contribution is 0.0529. The molecule has 0 saturated heterocycles. The predicted octanol–water partition coefficient (Wildman–Crippen LogP) is 6.70. The minimum Gasteiger partial charge on any atom is -0.497 e. The zero-order valence-corrected chi connectivity index (χ0v) is 21.5. The summed E-state index contributed by atoms with van der Waals surface area (Å²) < 4.78 is 12.6. The van der Waals surface area contributed by atoms with E-state index in [9.17, 15) is 9.59 Å². The maximum atomic E-state index is 13.6. The Bertz CT molecular complexity index is 1380. The molecule has 35 heavy (non-hydrogen) atoms. The zero-order valence-electron chi connectivity index (χ0n) is 20.7. The highest BCUT2D eigenvalue weighted by molar-refractivity contribution is 7.15. The van der Waals surface area contributed by atoms with E-state index in [1.807, 2.05) is 48.1 Å². The summed E-state index contributed by atoms with van der Waals surface area (Å²) in [7, 11) is 1.61. The smallest absolute Gasteiger partial charge is 0.341 e. The number of benzene rings is 2. The lowest BCUT2D eigenvalue weighted by Gasteiger charge is -2.11. The van der Waals surface area contributed by atoms with Gasteiger partial charge < -0.3 is 19.4 Å². The molecule has 2 aromatic carbocycles. The molecule has 4 rings (SSSR count). The third-order valence-corrected chi connectivity index (χ3v) is 7.11. The van der Waals surface area contributed by atoms with Crippen LogP contribution in [0.1, 0.15) is 52.7 Å². The first-order chi connectivity index (χ1) is 16.9. The number of esters is 1. The van der Waals surface area contributed by atoms with Crippen LogP contribution in [-0.4, -0.2) is 30.2 Å². The molecule has 1 N–H and O–H groups in total. The number of nitrogens with zero attached hydrogens (tertiary/aromatic N) is 1. The maximum Gasteiger partial charge on any atom is 0.341 e. The molecule has 0 aliphatic heterocycles. The molecular weight excluding hydrogens is 460 g/mol. The fourth-order valence-corrected chi connectivity index (χ4v) is 5.36. The number of carbonyl (C=O) groups is 2. The Morgan fingerprint density at radius 3 is 2.43 bits per heavy atom. The van der Waals surface area contributed by atoms with Gasteiger partial charge in [0, 0.05) is 28.4 Å². The number of methoxy groups -OCH3 is 1. The van der Waals surface area contributed by atoms with Crippen LogP contribution in [0, 0.1) is 6.92 Å². The molecule has 0 atom stereocenters. The second-order valence-corrected chi connectivity index (χ2v) is 9.06. The number of thiophene rings is 1. The van der Waals surface area contributed by atoms with Crippen molar-refractivity contribution in [3.63, 3.8) is 0 Å². The Morgan fingerprint density at radius 1 is 1.06 bits per heavy atom. The summed E-state index contributed by atoms with van der Waals surface area (Å²) in [5.41, 5.74) is 5.71. The number of amides is 1. The van der Waals surface area contributed by atoms with Crippen LogP contribution in [0.3, 0.4) is 0 Å². The molecular formula is C28H30N2O4S. The Kier molecular flexibility index (Phi) is 7.26. The number of aromatic nitrogens is 1. The third kappa shape index (κ3) is 4.56. The Hall–Kier alpha value is -3.58. The van der Waals surface area contributed by atoms with Gasteiger partial charge in [-0.2, -0.15) is 0 Å². The van der Waals surface area contributed by atoms with Gasteiger partial charge in [-0.25, -0.2) is 4.79 Å². The molecule has 6 nitrogen and oxygen atoms in total. The highest BCUT2D eigenvalue weighted by atomic mass is 32.1. The van der Waals surface area contributed by atoms with Gasteiger partial charge in [0.2, 0.25) is 0 Å². The van der Waals surface area contributed by atoms with Gasteiger partial charge in [0.1, 0.15) is 22.0 Å². The normalized spacial score (nSPS) is 11.0. The van der Waals surface area contributed by atoms with Crippen molar-refractivity contribution >= 4 is 39.1 Å². The minimum absolute atomic E-state index is 0.243. The first-order valence-electron chi connectivity index (χ1n) is 11.8. The standard InChI is InChI=1S/C28H30N2O4S/c1-6-18-9-14-23-21(15-18)17(4)25(30(23)7-2)26(31)29-27-24(28(32)34-8-3)22(16-35-27)19-10-12-20(33-5)13-11-19/h9-16H,6-8H2,1-5H3,(H,29,31). The molecule has 182 valence electrons. The van der Waals surface area contributed by atoms with Gasteiger partial charge in [-0.3, -0.25) is 4.79 Å².